The lowest BCUT2D eigenvalue weighted by Gasteiger charge is -2.19. The molecule has 2 aliphatic rings. The molecule has 2 aliphatic heterocycles. The molecule has 152 valence electrons. The third kappa shape index (κ3) is 3.60. The van der Waals surface area contributed by atoms with Gasteiger partial charge in [0.1, 0.15) is 17.5 Å². The molecule has 0 aliphatic carbocycles. The van der Waals surface area contributed by atoms with E-state index in [0.29, 0.717) is 25.3 Å². The number of hydrogen-bond acceptors (Lipinski definition) is 7. The van der Waals surface area contributed by atoms with Crippen LogP contribution in [0.3, 0.4) is 0 Å². The molecule has 0 bridgehead atoms. The predicted molar refractivity (Wildman–Crippen MR) is 106 cm³/mol. The predicted octanol–water partition coefficient (Wildman–Crippen LogP) is 2.40. The van der Waals surface area contributed by atoms with Crippen molar-refractivity contribution in [1.29, 1.82) is 0 Å². The van der Waals surface area contributed by atoms with Gasteiger partial charge in [-0.15, -0.1) is 5.10 Å². The minimum Gasteiger partial charge on any atom is -0.484 e. The van der Waals surface area contributed by atoms with Crippen molar-refractivity contribution in [3.8, 4) is 5.75 Å². The highest BCUT2D eigenvalue weighted by molar-refractivity contribution is 7.91. The Kier molecular flexibility index (Phi) is 4.51. The van der Waals surface area contributed by atoms with E-state index in [2.05, 4.69) is 15.3 Å². The number of nitrogens with zero attached hydrogens (tertiary/aromatic N) is 4. The number of sulfone groups is 1. The van der Waals surface area contributed by atoms with Crippen molar-refractivity contribution in [2.45, 2.75) is 38.5 Å². The maximum Gasteiger partial charge on any atom is 0.152 e. The first-order valence-electron chi connectivity index (χ1n) is 9.75. The van der Waals surface area contributed by atoms with Gasteiger partial charge in [-0.3, -0.25) is 4.98 Å². The molecule has 0 N–H and O–H groups in total. The highest BCUT2D eigenvalue weighted by atomic mass is 32.2. The minimum absolute atomic E-state index is 0.123. The van der Waals surface area contributed by atoms with Gasteiger partial charge < -0.3 is 9.47 Å². The van der Waals surface area contributed by atoms with Crippen LogP contribution in [0.5, 0.6) is 5.75 Å². The molecular weight excluding hydrogens is 392 g/mol. The topological polar surface area (TPSA) is 96.2 Å². The van der Waals surface area contributed by atoms with Crippen molar-refractivity contribution in [1.82, 2.24) is 20.0 Å². The summed E-state index contributed by atoms with van der Waals surface area (Å²) in [6.07, 6.45) is 4.81. The summed E-state index contributed by atoms with van der Waals surface area (Å²) < 4.78 is 36.7. The average Bonchev–Trinajstić information content (AvgIpc) is 3.34. The van der Waals surface area contributed by atoms with Crippen molar-refractivity contribution in [3.05, 3.63) is 47.4 Å². The Labute approximate surface area is 168 Å². The quantitative estimate of drug-likeness (QED) is 0.647. The highest BCUT2D eigenvalue weighted by Gasteiger charge is 2.30. The molecule has 1 aromatic carbocycles. The van der Waals surface area contributed by atoms with Crippen molar-refractivity contribution in [3.63, 3.8) is 0 Å². The van der Waals surface area contributed by atoms with Gasteiger partial charge in [-0.05, 0) is 49.1 Å². The molecular formula is C20H22N4O4S. The SMILES string of the molecule is C[C@@H](Oc1ccc2ncc3c(c2c1)CCOC3)c1cn(C2CCS(=O)(=O)C2)nn1. The molecule has 0 spiro atoms. The zero-order chi connectivity index (χ0) is 20.0. The summed E-state index contributed by atoms with van der Waals surface area (Å²) in [6, 6.07) is 5.75. The Morgan fingerprint density at radius 2 is 2.24 bits per heavy atom. The van der Waals surface area contributed by atoms with Crippen molar-refractivity contribution in [2.24, 2.45) is 0 Å². The molecule has 5 rings (SSSR count). The molecule has 1 unspecified atom stereocenters. The molecule has 0 saturated carbocycles. The normalized spacial score (nSPS) is 21.8. The van der Waals surface area contributed by atoms with Crippen LogP contribution in [0.4, 0.5) is 0 Å². The Morgan fingerprint density at radius 1 is 1.34 bits per heavy atom. The van der Waals surface area contributed by atoms with Crippen molar-refractivity contribution < 1.29 is 17.9 Å². The van der Waals surface area contributed by atoms with E-state index >= 15 is 0 Å². The second kappa shape index (κ2) is 7.07. The molecule has 9 heteroatoms. The van der Waals surface area contributed by atoms with Crippen LogP contribution < -0.4 is 4.74 Å². The summed E-state index contributed by atoms with van der Waals surface area (Å²) in [5.41, 5.74) is 4.02. The van der Waals surface area contributed by atoms with Gasteiger partial charge >= 0.3 is 0 Å². The Bertz CT molecular complexity index is 1170. The second-order valence-corrected chi connectivity index (χ2v) is 9.91. The molecule has 29 heavy (non-hydrogen) atoms. The van der Waals surface area contributed by atoms with Gasteiger partial charge in [0.2, 0.25) is 0 Å². The van der Waals surface area contributed by atoms with E-state index in [9.17, 15) is 8.42 Å². The summed E-state index contributed by atoms with van der Waals surface area (Å²) in [5, 5.41) is 9.43. The van der Waals surface area contributed by atoms with Gasteiger partial charge in [-0.25, -0.2) is 13.1 Å². The largest absolute Gasteiger partial charge is 0.484 e. The van der Waals surface area contributed by atoms with Crippen LogP contribution >= 0.6 is 0 Å². The zero-order valence-electron chi connectivity index (χ0n) is 16.1. The fourth-order valence-corrected chi connectivity index (χ4v) is 5.72. The van der Waals surface area contributed by atoms with E-state index in [0.717, 1.165) is 28.6 Å². The number of rotatable bonds is 4. The summed E-state index contributed by atoms with van der Waals surface area (Å²) in [7, 11) is -2.97. The maximum atomic E-state index is 11.7. The number of fused-ring (bicyclic) bond motifs is 3. The van der Waals surface area contributed by atoms with Crippen LogP contribution in [0.2, 0.25) is 0 Å². The van der Waals surface area contributed by atoms with Crippen LogP contribution in [0, 0.1) is 0 Å². The van der Waals surface area contributed by atoms with Gasteiger partial charge in [0.05, 0.1) is 42.5 Å². The van der Waals surface area contributed by atoms with Gasteiger partial charge in [0, 0.05) is 11.6 Å². The van der Waals surface area contributed by atoms with Crippen LogP contribution in [0.15, 0.2) is 30.6 Å². The van der Waals surface area contributed by atoms with Gasteiger partial charge in [0.25, 0.3) is 0 Å². The minimum atomic E-state index is -2.97. The molecule has 8 nitrogen and oxygen atoms in total. The number of aromatic nitrogens is 4. The lowest BCUT2D eigenvalue weighted by Crippen LogP contribution is -2.11. The number of ether oxygens (including phenoxy) is 2. The van der Waals surface area contributed by atoms with Crippen molar-refractivity contribution >= 4 is 20.7 Å². The third-order valence-corrected chi connectivity index (χ3v) is 7.38. The smallest absolute Gasteiger partial charge is 0.152 e. The summed E-state index contributed by atoms with van der Waals surface area (Å²) in [5.74, 6) is 1.07. The number of hydrogen-bond donors (Lipinski definition) is 0. The molecule has 1 fully saturated rings. The second-order valence-electron chi connectivity index (χ2n) is 7.68. The van der Waals surface area contributed by atoms with Gasteiger partial charge in [-0.1, -0.05) is 5.21 Å². The number of benzene rings is 1. The molecule has 2 atom stereocenters. The van der Waals surface area contributed by atoms with E-state index in [4.69, 9.17) is 9.47 Å². The molecule has 1 saturated heterocycles. The van der Waals surface area contributed by atoms with E-state index in [1.54, 1.807) is 10.9 Å². The summed E-state index contributed by atoms with van der Waals surface area (Å²) in [6.45, 7) is 3.23. The lowest BCUT2D eigenvalue weighted by atomic mass is 10.00. The van der Waals surface area contributed by atoms with E-state index in [-0.39, 0.29) is 23.7 Å². The molecule has 3 aromatic rings. The van der Waals surface area contributed by atoms with E-state index in [1.807, 2.05) is 31.3 Å². The van der Waals surface area contributed by atoms with Crippen LogP contribution in [0.25, 0.3) is 10.9 Å². The van der Waals surface area contributed by atoms with Crippen LogP contribution in [-0.2, 0) is 27.6 Å². The number of pyridine rings is 1. The van der Waals surface area contributed by atoms with Crippen LogP contribution in [0.1, 0.15) is 42.3 Å². The molecule has 2 aromatic heterocycles. The van der Waals surface area contributed by atoms with Crippen LogP contribution in [-0.4, -0.2) is 46.5 Å². The molecule has 0 radical (unpaired) electrons. The zero-order valence-corrected chi connectivity index (χ0v) is 16.9. The highest BCUT2D eigenvalue weighted by Crippen LogP contribution is 2.30. The van der Waals surface area contributed by atoms with E-state index < -0.39 is 9.84 Å². The maximum absolute atomic E-state index is 11.7. The first-order chi connectivity index (χ1) is 14.0. The van der Waals surface area contributed by atoms with Gasteiger partial charge in [-0.2, -0.15) is 0 Å². The van der Waals surface area contributed by atoms with Gasteiger partial charge in [0.15, 0.2) is 9.84 Å². The molecule has 4 heterocycles. The fourth-order valence-electron chi connectivity index (χ4n) is 4.02. The first kappa shape index (κ1) is 18.5. The third-order valence-electron chi connectivity index (χ3n) is 5.63. The first-order valence-corrected chi connectivity index (χ1v) is 11.6. The Balaban J connectivity index is 1.37. The fraction of sp³-hybridized carbons (Fsp3) is 0.450. The average molecular weight is 414 g/mol. The summed E-state index contributed by atoms with van der Waals surface area (Å²) >= 11 is 0. The molecule has 0 amide bonds. The summed E-state index contributed by atoms with van der Waals surface area (Å²) in [4.78, 5) is 4.52. The Hall–Kier alpha value is -2.52. The standard InChI is InChI=1S/C20H22N4O4S/c1-13(20-10-24(23-22-20)15-5-7-29(25,26)12-15)28-16-2-3-19-18(8-16)17-4-6-27-11-14(17)9-21-19/h2-3,8-10,13,15H,4-7,11-12H2,1H3/t13-,15?/m1/s1. The van der Waals surface area contributed by atoms with E-state index in [1.165, 1.54) is 5.56 Å². The van der Waals surface area contributed by atoms with Crippen molar-refractivity contribution in [2.75, 3.05) is 18.1 Å². The Morgan fingerprint density at radius 3 is 3.07 bits per heavy atom. The monoisotopic (exact) mass is 414 g/mol. The lowest BCUT2D eigenvalue weighted by molar-refractivity contribution is 0.111.